The van der Waals surface area contributed by atoms with Crippen LogP contribution in [0.4, 0.5) is 10.7 Å². The van der Waals surface area contributed by atoms with Gasteiger partial charge in [0.2, 0.25) is 5.95 Å². The first-order valence-corrected chi connectivity index (χ1v) is 8.76. The molecule has 2 aliphatic heterocycles. The Bertz CT molecular complexity index is 606. The van der Waals surface area contributed by atoms with E-state index in [1.54, 1.807) is 0 Å². The van der Waals surface area contributed by atoms with Gasteiger partial charge in [0.25, 0.3) is 0 Å². The topological polar surface area (TPSA) is 58.6 Å². The molecule has 1 amide bonds. The second kappa shape index (κ2) is 6.22. The highest BCUT2D eigenvalue weighted by molar-refractivity contribution is 5.68. The maximum Gasteiger partial charge on any atom is 0.410 e. The maximum atomic E-state index is 12.3. The molecular formula is C18H28N4O2. The first kappa shape index (κ1) is 17.0. The van der Waals surface area contributed by atoms with Crippen molar-refractivity contribution in [3.63, 3.8) is 0 Å². The summed E-state index contributed by atoms with van der Waals surface area (Å²) in [6.45, 7) is 13.2. The molecule has 1 aromatic heterocycles. The second-order valence-corrected chi connectivity index (χ2v) is 8.09. The average Bonchev–Trinajstić information content (AvgIpc) is 2.87. The average molecular weight is 332 g/mol. The molecule has 0 spiro atoms. The van der Waals surface area contributed by atoms with E-state index >= 15 is 0 Å². The van der Waals surface area contributed by atoms with Crippen LogP contribution < -0.4 is 4.90 Å². The molecule has 2 aliphatic rings. The molecule has 24 heavy (non-hydrogen) atoms. The number of piperidine rings is 1. The molecule has 6 nitrogen and oxygen atoms in total. The number of carbonyl (C=O) groups is 1. The van der Waals surface area contributed by atoms with Crippen molar-refractivity contribution in [2.24, 2.45) is 11.8 Å². The van der Waals surface area contributed by atoms with Crippen molar-refractivity contribution in [3.8, 4) is 0 Å². The van der Waals surface area contributed by atoms with E-state index < -0.39 is 5.60 Å². The number of likely N-dealkylation sites (tertiary alicyclic amines) is 1. The van der Waals surface area contributed by atoms with Crippen LogP contribution in [0.25, 0.3) is 0 Å². The van der Waals surface area contributed by atoms with Crippen LogP contribution in [-0.4, -0.2) is 52.7 Å². The van der Waals surface area contributed by atoms with Gasteiger partial charge in [0.05, 0.1) is 0 Å². The van der Waals surface area contributed by atoms with Crippen molar-refractivity contribution in [2.75, 3.05) is 31.1 Å². The molecule has 1 aromatic rings. The fourth-order valence-electron chi connectivity index (χ4n) is 3.67. The number of fused-ring (bicyclic) bond motifs is 1. The first-order chi connectivity index (χ1) is 11.2. The van der Waals surface area contributed by atoms with Crippen LogP contribution in [0.5, 0.6) is 0 Å². The Balaban J connectivity index is 1.65. The Morgan fingerprint density at radius 3 is 2.38 bits per heavy atom. The number of hydrogen-bond acceptors (Lipinski definition) is 5. The van der Waals surface area contributed by atoms with Crippen molar-refractivity contribution in [1.82, 2.24) is 14.9 Å². The summed E-state index contributed by atoms with van der Waals surface area (Å²) in [5.41, 5.74) is 1.56. The summed E-state index contributed by atoms with van der Waals surface area (Å²) >= 11 is 0. The third-order valence-corrected chi connectivity index (χ3v) is 4.71. The van der Waals surface area contributed by atoms with Crippen molar-refractivity contribution < 1.29 is 9.53 Å². The number of rotatable bonds is 1. The van der Waals surface area contributed by atoms with Crippen LogP contribution in [0.3, 0.4) is 0 Å². The lowest BCUT2D eigenvalue weighted by atomic mass is 9.89. The van der Waals surface area contributed by atoms with Gasteiger partial charge in [0, 0.05) is 37.6 Å². The maximum absolute atomic E-state index is 12.3. The molecule has 3 rings (SSSR count). The van der Waals surface area contributed by atoms with Crippen LogP contribution >= 0.6 is 0 Å². The first-order valence-electron chi connectivity index (χ1n) is 8.76. The molecule has 0 aromatic carbocycles. The number of ether oxygens (including phenoxy) is 1. The minimum atomic E-state index is -0.441. The standard InChI is InChI=1S/C18H28N4O2/c1-12-8-13(2)20-16(19-12)21-7-6-14-9-22(11-15(14)10-21)17(23)24-18(3,4)5/h8,14-15H,6-7,9-11H2,1-5H3. The lowest BCUT2D eigenvalue weighted by Crippen LogP contribution is -2.41. The van der Waals surface area contributed by atoms with Crippen molar-refractivity contribution in [2.45, 2.75) is 46.6 Å². The Hall–Kier alpha value is -1.85. The lowest BCUT2D eigenvalue weighted by molar-refractivity contribution is 0.0285. The van der Waals surface area contributed by atoms with Crippen molar-refractivity contribution >= 4 is 12.0 Å². The molecule has 3 heterocycles. The van der Waals surface area contributed by atoms with Crippen LogP contribution in [0.2, 0.25) is 0 Å². The second-order valence-electron chi connectivity index (χ2n) is 8.09. The molecule has 6 heteroatoms. The van der Waals surface area contributed by atoms with Gasteiger partial charge in [-0.05, 0) is 58.9 Å². The van der Waals surface area contributed by atoms with Gasteiger partial charge in [-0.3, -0.25) is 0 Å². The highest BCUT2D eigenvalue weighted by atomic mass is 16.6. The molecule has 0 N–H and O–H groups in total. The van der Waals surface area contributed by atoms with Gasteiger partial charge in [-0.1, -0.05) is 0 Å². The monoisotopic (exact) mass is 332 g/mol. The van der Waals surface area contributed by atoms with E-state index in [1.165, 1.54) is 0 Å². The zero-order valence-corrected chi connectivity index (χ0v) is 15.4. The van der Waals surface area contributed by atoms with E-state index in [4.69, 9.17) is 4.74 Å². The van der Waals surface area contributed by atoms with Gasteiger partial charge >= 0.3 is 6.09 Å². The highest BCUT2D eigenvalue weighted by Gasteiger charge is 2.40. The van der Waals surface area contributed by atoms with Gasteiger partial charge in [-0.25, -0.2) is 14.8 Å². The summed E-state index contributed by atoms with van der Waals surface area (Å²) in [4.78, 5) is 25.6. The molecule has 2 unspecified atom stereocenters. The summed E-state index contributed by atoms with van der Waals surface area (Å²) in [5.74, 6) is 1.84. The summed E-state index contributed by atoms with van der Waals surface area (Å²) in [5, 5.41) is 0. The fraction of sp³-hybridized carbons (Fsp3) is 0.722. The van der Waals surface area contributed by atoms with Crippen molar-refractivity contribution in [1.29, 1.82) is 0 Å². The Morgan fingerprint density at radius 2 is 1.75 bits per heavy atom. The lowest BCUT2D eigenvalue weighted by Gasteiger charge is -2.34. The van der Waals surface area contributed by atoms with Gasteiger partial charge < -0.3 is 14.5 Å². The fourth-order valence-corrected chi connectivity index (χ4v) is 3.67. The van der Waals surface area contributed by atoms with E-state index in [2.05, 4.69) is 14.9 Å². The molecule has 132 valence electrons. The van der Waals surface area contributed by atoms with Gasteiger partial charge in [0.15, 0.2) is 0 Å². The van der Waals surface area contributed by atoms with E-state index in [9.17, 15) is 4.79 Å². The van der Waals surface area contributed by atoms with Gasteiger partial charge in [-0.15, -0.1) is 0 Å². The molecular weight excluding hydrogens is 304 g/mol. The van der Waals surface area contributed by atoms with E-state index in [0.29, 0.717) is 11.8 Å². The minimum absolute atomic E-state index is 0.189. The number of anilines is 1. The third kappa shape index (κ3) is 3.79. The normalized spacial score (nSPS) is 24.0. The Labute approximate surface area is 144 Å². The van der Waals surface area contributed by atoms with Crippen LogP contribution in [0, 0.1) is 25.7 Å². The number of aryl methyl sites for hydroxylation is 2. The van der Waals surface area contributed by atoms with Crippen molar-refractivity contribution in [3.05, 3.63) is 17.5 Å². The largest absolute Gasteiger partial charge is 0.444 e. The summed E-state index contributed by atoms with van der Waals surface area (Å²) < 4.78 is 5.52. The Morgan fingerprint density at radius 1 is 1.12 bits per heavy atom. The minimum Gasteiger partial charge on any atom is -0.444 e. The smallest absolute Gasteiger partial charge is 0.410 e. The molecule has 0 saturated carbocycles. The highest BCUT2D eigenvalue weighted by Crippen LogP contribution is 2.33. The molecule has 2 fully saturated rings. The molecule has 0 bridgehead atoms. The predicted octanol–water partition coefficient (Wildman–Crippen LogP) is 2.79. The van der Waals surface area contributed by atoms with E-state index in [1.807, 2.05) is 45.6 Å². The Kier molecular flexibility index (Phi) is 4.40. The van der Waals surface area contributed by atoms with Gasteiger partial charge in [-0.2, -0.15) is 0 Å². The molecule has 0 aliphatic carbocycles. The quantitative estimate of drug-likeness (QED) is 0.791. The number of aromatic nitrogens is 2. The molecule has 2 saturated heterocycles. The van der Waals surface area contributed by atoms with Gasteiger partial charge in [0.1, 0.15) is 5.60 Å². The SMILES string of the molecule is Cc1cc(C)nc(N2CCC3CN(C(=O)OC(C)(C)C)CC3C2)n1. The third-order valence-electron chi connectivity index (χ3n) is 4.71. The number of nitrogens with zero attached hydrogens (tertiary/aromatic N) is 4. The van der Waals surface area contributed by atoms with Crippen LogP contribution in [-0.2, 0) is 4.74 Å². The van der Waals surface area contributed by atoms with Crippen LogP contribution in [0.15, 0.2) is 6.07 Å². The molecule has 0 radical (unpaired) electrons. The summed E-state index contributed by atoms with van der Waals surface area (Å²) in [6.07, 6.45) is 0.881. The van der Waals surface area contributed by atoms with E-state index in [0.717, 1.165) is 49.9 Å². The zero-order valence-electron chi connectivity index (χ0n) is 15.4. The number of hydrogen-bond donors (Lipinski definition) is 0. The number of carbonyl (C=O) groups excluding carboxylic acids is 1. The summed E-state index contributed by atoms with van der Waals surface area (Å²) in [6, 6.07) is 2.00. The summed E-state index contributed by atoms with van der Waals surface area (Å²) in [7, 11) is 0. The number of amides is 1. The van der Waals surface area contributed by atoms with E-state index in [-0.39, 0.29) is 6.09 Å². The predicted molar refractivity (Wildman–Crippen MR) is 93.1 cm³/mol. The molecule has 2 atom stereocenters. The van der Waals surface area contributed by atoms with Crippen LogP contribution in [0.1, 0.15) is 38.6 Å². The zero-order chi connectivity index (χ0) is 17.5.